The van der Waals surface area contributed by atoms with E-state index < -0.39 is 63.8 Å². The van der Waals surface area contributed by atoms with Crippen molar-refractivity contribution in [1.29, 1.82) is 0 Å². The van der Waals surface area contributed by atoms with Crippen molar-refractivity contribution in [2.75, 3.05) is 13.2 Å². The lowest BCUT2D eigenvalue weighted by Gasteiger charge is -2.49. The molecule has 6 rings (SSSR count). The van der Waals surface area contributed by atoms with Crippen molar-refractivity contribution in [3.63, 3.8) is 0 Å². The summed E-state index contributed by atoms with van der Waals surface area (Å²) in [5.74, 6) is -4.48. The largest absolute Gasteiger partial charge is 0.462 e. The molecule has 0 aromatic heterocycles. The van der Waals surface area contributed by atoms with Crippen molar-refractivity contribution in [2.24, 2.45) is 11.8 Å². The van der Waals surface area contributed by atoms with E-state index in [1.165, 1.54) is 0 Å². The highest BCUT2D eigenvalue weighted by molar-refractivity contribution is 14.1. The first-order valence-corrected chi connectivity index (χ1v) is 15.1. The molecule has 1 N–H and O–H groups in total. The van der Waals surface area contributed by atoms with Gasteiger partial charge in [0.2, 0.25) is 6.17 Å². The van der Waals surface area contributed by atoms with Gasteiger partial charge >= 0.3 is 27.3 Å². The quantitative estimate of drug-likeness (QED) is 0.184. The van der Waals surface area contributed by atoms with Crippen molar-refractivity contribution < 1.29 is 45.2 Å². The number of rotatable bonds is 8. The molecule has 0 heterocycles. The van der Waals surface area contributed by atoms with Crippen molar-refractivity contribution in [3.8, 4) is 0 Å². The molecule has 2 bridgehead atoms. The van der Waals surface area contributed by atoms with Crippen molar-refractivity contribution in [2.45, 2.75) is 30.2 Å². The number of fused-ring (bicyclic) bond motifs is 1. The lowest BCUT2D eigenvalue weighted by molar-refractivity contribution is -0.157. The molecule has 3 aliphatic carbocycles. The van der Waals surface area contributed by atoms with E-state index in [1.807, 2.05) is 42.5 Å². The van der Waals surface area contributed by atoms with Gasteiger partial charge in [0.25, 0.3) is 0 Å². The summed E-state index contributed by atoms with van der Waals surface area (Å²) in [7, 11) is -6.08. The normalized spacial score (nSPS) is 21.9. The number of hydrogen-bond acceptors (Lipinski definition) is 6. The first-order valence-electron chi connectivity index (χ1n) is 12.6. The van der Waals surface area contributed by atoms with Crippen LogP contribution in [0, 0.1) is 22.3 Å². The predicted octanol–water partition coefficient (Wildman–Crippen LogP) is 5.64. The molecule has 41 heavy (non-hydrogen) atoms. The van der Waals surface area contributed by atoms with Gasteiger partial charge < -0.3 is 9.47 Å². The lowest BCUT2D eigenvalue weighted by Crippen LogP contribution is -2.47. The van der Waals surface area contributed by atoms with Crippen LogP contribution in [0.2, 0.25) is 0 Å². The van der Waals surface area contributed by atoms with Gasteiger partial charge in [0.1, 0.15) is 6.61 Å². The minimum Gasteiger partial charge on any atom is -0.462 e. The summed E-state index contributed by atoms with van der Waals surface area (Å²) in [6.45, 7) is -0.0605. The fraction of sp³-hybridized carbons (Fsp3) is 0.310. The molecule has 3 aliphatic rings. The zero-order valence-electron chi connectivity index (χ0n) is 21.5. The highest BCUT2D eigenvalue weighted by Gasteiger charge is 2.56. The molecular weight excluding hydrogens is 676 g/mol. The zero-order chi connectivity index (χ0) is 29.7. The number of ether oxygens (including phenoxy) is 2. The third kappa shape index (κ3) is 5.25. The maximum Gasteiger partial charge on any atom is 0.403 e. The number of hydrogen-bond donors (Lipinski definition) is 1. The van der Waals surface area contributed by atoms with Crippen LogP contribution in [0.4, 0.5) is 13.2 Å². The lowest BCUT2D eigenvalue weighted by atomic mass is 9.54. The summed E-state index contributed by atoms with van der Waals surface area (Å²) >= 11 is 2.12. The summed E-state index contributed by atoms with van der Waals surface area (Å²) in [4.78, 5) is 26.6. The van der Waals surface area contributed by atoms with E-state index in [-0.39, 0.29) is 6.61 Å². The van der Waals surface area contributed by atoms with Gasteiger partial charge in [0, 0.05) is 21.3 Å². The monoisotopic (exact) mass is 700 g/mol. The third-order valence-corrected chi connectivity index (χ3v) is 9.36. The van der Waals surface area contributed by atoms with Gasteiger partial charge in [-0.2, -0.15) is 17.2 Å². The Morgan fingerprint density at radius 2 is 1.49 bits per heavy atom. The smallest absolute Gasteiger partial charge is 0.403 e. The van der Waals surface area contributed by atoms with E-state index in [0.717, 1.165) is 25.8 Å². The van der Waals surface area contributed by atoms with Gasteiger partial charge in [-0.05, 0) is 75.5 Å². The van der Waals surface area contributed by atoms with Crippen LogP contribution in [0.25, 0.3) is 0 Å². The molecular formula is C29H24F3IO7S. The number of carbonyl (C=O) groups excluding carboxylic acids is 2. The molecule has 12 heteroatoms. The number of benzene rings is 3. The van der Waals surface area contributed by atoms with Crippen LogP contribution in [0.5, 0.6) is 0 Å². The fourth-order valence-electron chi connectivity index (χ4n) is 5.92. The first-order chi connectivity index (χ1) is 19.3. The van der Waals surface area contributed by atoms with E-state index >= 15 is 0 Å². The van der Waals surface area contributed by atoms with E-state index in [2.05, 4.69) is 22.6 Å². The van der Waals surface area contributed by atoms with E-state index in [1.54, 1.807) is 31.2 Å². The minimum absolute atomic E-state index is 0.228. The van der Waals surface area contributed by atoms with Gasteiger partial charge in [0.05, 0.1) is 18.1 Å². The van der Waals surface area contributed by atoms with Gasteiger partial charge in [-0.3, -0.25) is 9.35 Å². The number of esters is 2. The molecule has 7 nitrogen and oxygen atoms in total. The Labute approximate surface area is 247 Å². The van der Waals surface area contributed by atoms with Gasteiger partial charge in [-0.1, -0.05) is 48.5 Å². The zero-order valence-corrected chi connectivity index (χ0v) is 24.4. The van der Waals surface area contributed by atoms with Gasteiger partial charge in [-0.25, -0.2) is 9.18 Å². The van der Waals surface area contributed by atoms with Crippen LogP contribution in [0.3, 0.4) is 0 Å². The molecule has 0 radical (unpaired) electrons. The summed E-state index contributed by atoms with van der Waals surface area (Å²) in [5.41, 5.74) is 4.47. The highest BCUT2D eigenvalue weighted by atomic mass is 127. The van der Waals surface area contributed by atoms with Crippen LogP contribution in [0.15, 0.2) is 66.7 Å². The number of halogens is 4. The van der Waals surface area contributed by atoms with E-state index in [4.69, 9.17) is 14.0 Å². The molecule has 3 unspecified atom stereocenters. The molecule has 0 fully saturated rings. The third-order valence-electron chi connectivity index (χ3n) is 7.75. The van der Waals surface area contributed by atoms with Crippen LogP contribution in [0.1, 0.15) is 50.0 Å². The second kappa shape index (κ2) is 11.0. The average Bonchev–Trinajstić information content (AvgIpc) is 2.93. The summed E-state index contributed by atoms with van der Waals surface area (Å²) < 4.78 is 84.1. The highest BCUT2D eigenvalue weighted by Crippen LogP contribution is 2.58. The number of carbonyl (C=O) groups is 2. The fourth-order valence-corrected chi connectivity index (χ4v) is 6.96. The SMILES string of the molecule is Cc1cc(I)ccc1C(=O)OCC1C2c3ccccc3C(c3ccccc32)C1C(=O)OCC(F)C(F)(F)S(=O)(=O)O. The van der Waals surface area contributed by atoms with Gasteiger partial charge in [0.15, 0.2) is 0 Å². The molecule has 0 spiro atoms. The van der Waals surface area contributed by atoms with Crippen LogP contribution >= 0.6 is 22.6 Å². The topological polar surface area (TPSA) is 107 Å². The Bertz CT molecular complexity index is 1580. The summed E-state index contributed by atoms with van der Waals surface area (Å²) in [6.07, 6.45) is -3.50. The van der Waals surface area contributed by atoms with Crippen LogP contribution < -0.4 is 0 Å². The molecule has 216 valence electrons. The molecule has 0 aliphatic heterocycles. The maximum atomic E-state index is 14.2. The predicted molar refractivity (Wildman–Crippen MR) is 150 cm³/mol. The van der Waals surface area contributed by atoms with Crippen LogP contribution in [-0.2, 0) is 24.4 Å². The molecule has 3 atom stereocenters. The van der Waals surface area contributed by atoms with E-state index in [0.29, 0.717) is 11.1 Å². The summed E-state index contributed by atoms with van der Waals surface area (Å²) in [6, 6.07) is 20.0. The van der Waals surface area contributed by atoms with Crippen molar-refractivity contribution in [1.82, 2.24) is 0 Å². The standard InChI is InChI=1S/C29H24F3IO7S/c1-15-12-16(33)10-11-17(15)27(34)39-13-22-24-18-6-2-4-8-20(18)25(21-9-5-3-7-19(21)24)26(22)28(35)40-14-23(30)29(31,32)41(36,37)38/h2-12,22-26H,13-14H2,1H3,(H,36,37,38). The maximum absolute atomic E-state index is 14.2. The second-order valence-corrected chi connectivity index (χ2v) is 12.8. The van der Waals surface area contributed by atoms with Crippen molar-refractivity contribution in [3.05, 3.63) is 104 Å². The molecule has 3 aromatic rings. The second-order valence-electron chi connectivity index (χ2n) is 10.1. The first kappa shape index (κ1) is 29.5. The molecule has 0 saturated heterocycles. The minimum atomic E-state index is -6.08. The Balaban J connectivity index is 1.49. The Morgan fingerprint density at radius 3 is 2.00 bits per heavy atom. The molecule has 0 amide bonds. The van der Waals surface area contributed by atoms with Crippen molar-refractivity contribution >= 4 is 44.6 Å². The Morgan fingerprint density at radius 1 is 0.951 bits per heavy atom. The number of alkyl halides is 3. The molecule has 3 aromatic carbocycles. The average molecular weight is 700 g/mol. The number of aryl methyl sites for hydroxylation is 1. The van der Waals surface area contributed by atoms with E-state index in [9.17, 15) is 31.2 Å². The Kier molecular flexibility index (Phi) is 7.94. The summed E-state index contributed by atoms with van der Waals surface area (Å²) in [5, 5.41) is -5.17. The van der Waals surface area contributed by atoms with Gasteiger partial charge in [-0.15, -0.1) is 0 Å². The van der Waals surface area contributed by atoms with Crippen LogP contribution in [-0.4, -0.2) is 49.5 Å². The Hall–Kier alpha value is -2.97. The molecule has 0 saturated carbocycles.